The second-order valence-corrected chi connectivity index (χ2v) is 11.8. The van der Waals surface area contributed by atoms with Crippen molar-refractivity contribution in [1.82, 2.24) is 15.0 Å². The van der Waals surface area contributed by atoms with Crippen molar-refractivity contribution in [2.75, 3.05) is 24.2 Å². The van der Waals surface area contributed by atoms with Gasteiger partial charge in [-0.3, -0.25) is 9.52 Å². The molecular weight excluding hydrogens is 555 g/mol. The number of thiocarbonyl (C=S) groups is 1. The maximum absolute atomic E-state index is 11.5. The molecule has 0 bridgehead atoms. The molecule has 1 amide bonds. The van der Waals surface area contributed by atoms with Crippen LogP contribution in [0, 0.1) is 0 Å². The van der Waals surface area contributed by atoms with Gasteiger partial charge in [0, 0.05) is 59.6 Å². The highest BCUT2D eigenvalue weighted by molar-refractivity contribution is 7.97. The van der Waals surface area contributed by atoms with Crippen LogP contribution in [0.5, 0.6) is 0 Å². The van der Waals surface area contributed by atoms with E-state index < -0.39 is 0 Å². The van der Waals surface area contributed by atoms with Gasteiger partial charge in [0.25, 0.3) is 0 Å². The van der Waals surface area contributed by atoms with Gasteiger partial charge in [0.2, 0.25) is 5.91 Å². The van der Waals surface area contributed by atoms with Crippen LogP contribution >= 0.6 is 35.5 Å². The molecule has 0 saturated heterocycles. The molecule has 9 heteroatoms. The average Bonchev–Trinajstić information content (AvgIpc) is 3.41. The number of nitrogens with one attached hydrogen (secondary N) is 4. The Balaban J connectivity index is 0.000000432. The maximum atomic E-state index is 11.5. The highest BCUT2D eigenvalue weighted by atomic mass is 32.2. The molecule has 3 rings (SSSR count). The molecule has 1 aromatic heterocycles. The van der Waals surface area contributed by atoms with Crippen molar-refractivity contribution >= 4 is 58.3 Å². The standard InChI is InChI=1S/C22H26N4OS2.C9H13NS/c1-14(27)25-17-10-11-18(19(12-17)29-26-22(2,3)4)20-13-24-21(28-20)15-6-8-16(23-5)9-7-15;1-3-5-9(6-4-2)7-10-8-11/h6-13,23,26H,1-5H3,(H,25,27);3-6,8H,1,7H2,2H3,(H,10,11)/b;6-4-,9-5+. The highest BCUT2D eigenvalue weighted by Gasteiger charge is 2.15. The van der Waals surface area contributed by atoms with Crippen molar-refractivity contribution in [2.45, 2.75) is 45.1 Å². The van der Waals surface area contributed by atoms with Gasteiger partial charge in [-0.25, -0.2) is 4.98 Å². The lowest BCUT2D eigenvalue weighted by Crippen LogP contribution is -2.29. The monoisotopic (exact) mass is 593 g/mol. The summed E-state index contributed by atoms with van der Waals surface area (Å²) in [4.78, 5) is 18.2. The van der Waals surface area contributed by atoms with E-state index in [4.69, 9.17) is 0 Å². The Morgan fingerprint density at radius 3 is 2.42 bits per heavy atom. The van der Waals surface area contributed by atoms with E-state index in [2.05, 4.69) is 77.4 Å². The third-order valence-electron chi connectivity index (χ3n) is 5.06. The number of nitrogens with zero attached hydrogens (tertiary/aromatic N) is 1. The lowest BCUT2D eigenvalue weighted by atomic mass is 10.1. The number of anilines is 2. The van der Waals surface area contributed by atoms with Crippen LogP contribution in [0.2, 0.25) is 0 Å². The first-order valence-corrected chi connectivity index (χ1v) is 14.9. The lowest BCUT2D eigenvalue weighted by Gasteiger charge is -2.20. The van der Waals surface area contributed by atoms with Gasteiger partial charge in [0.1, 0.15) is 5.01 Å². The molecule has 0 aliphatic carbocycles. The third kappa shape index (κ3) is 11.5. The molecular formula is C31H39N5OS3. The Hall–Kier alpha value is -3.24. The molecule has 3 aromatic rings. The molecule has 0 unspecified atom stereocenters. The van der Waals surface area contributed by atoms with Crippen LogP contribution in [0.15, 0.2) is 90.0 Å². The van der Waals surface area contributed by atoms with Gasteiger partial charge >= 0.3 is 0 Å². The van der Waals surface area contributed by atoms with E-state index in [1.807, 2.05) is 68.7 Å². The second kappa shape index (κ2) is 16.8. The smallest absolute Gasteiger partial charge is 0.221 e. The van der Waals surface area contributed by atoms with E-state index in [9.17, 15) is 4.79 Å². The zero-order chi connectivity index (χ0) is 29.5. The van der Waals surface area contributed by atoms with Gasteiger partial charge in [-0.1, -0.05) is 49.2 Å². The lowest BCUT2D eigenvalue weighted by molar-refractivity contribution is -0.114. The van der Waals surface area contributed by atoms with E-state index >= 15 is 0 Å². The molecule has 212 valence electrons. The zero-order valence-electron chi connectivity index (χ0n) is 24.0. The van der Waals surface area contributed by atoms with Gasteiger partial charge in [-0.2, -0.15) is 0 Å². The molecule has 0 aliphatic rings. The zero-order valence-corrected chi connectivity index (χ0v) is 26.4. The fourth-order valence-corrected chi connectivity index (χ4v) is 5.31. The summed E-state index contributed by atoms with van der Waals surface area (Å²) in [7, 11) is 1.91. The molecule has 2 aromatic carbocycles. The highest BCUT2D eigenvalue weighted by Crippen LogP contribution is 2.38. The largest absolute Gasteiger partial charge is 0.388 e. The minimum absolute atomic E-state index is 0.0418. The Bertz CT molecular complexity index is 1320. The molecule has 4 N–H and O–H groups in total. The van der Waals surface area contributed by atoms with Gasteiger partial charge < -0.3 is 16.0 Å². The van der Waals surface area contributed by atoms with Gasteiger partial charge in [-0.05, 0) is 81.6 Å². The minimum atomic E-state index is -0.0810. The van der Waals surface area contributed by atoms with Crippen LogP contribution in [0.25, 0.3) is 21.0 Å². The van der Waals surface area contributed by atoms with Crippen molar-refractivity contribution in [3.05, 3.63) is 85.1 Å². The summed E-state index contributed by atoms with van der Waals surface area (Å²) in [5.74, 6) is -0.0810. The number of amides is 1. The first kappa shape index (κ1) is 33.0. The van der Waals surface area contributed by atoms with Crippen molar-refractivity contribution in [1.29, 1.82) is 0 Å². The summed E-state index contributed by atoms with van der Waals surface area (Å²) >= 11 is 7.85. The van der Waals surface area contributed by atoms with Crippen molar-refractivity contribution in [2.24, 2.45) is 0 Å². The quantitative estimate of drug-likeness (QED) is 0.102. The minimum Gasteiger partial charge on any atom is -0.388 e. The summed E-state index contributed by atoms with van der Waals surface area (Å²) in [6, 6.07) is 14.2. The number of hydrogen-bond acceptors (Lipinski definition) is 7. The third-order valence-corrected chi connectivity index (χ3v) is 7.58. The van der Waals surface area contributed by atoms with E-state index in [1.54, 1.807) is 29.4 Å². The van der Waals surface area contributed by atoms with Crippen LogP contribution < -0.4 is 20.7 Å². The number of hydrogen-bond donors (Lipinski definition) is 4. The SMILES string of the molecule is C=C/C=C(\C=C/C)CNC=S.CNc1ccc(-c2ncc(-c3ccc(NC(C)=O)cc3SNC(C)(C)C)s2)cc1. The van der Waals surface area contributed by atoms with E-state index in [1.165, 1.54) is 18.0 Å². The summed E-state index contributed by atoms with van der Waals surface area (Å²) in [5, 5.41) is 9.92. The molecule has 1 heterocycles. The number of rotatable bonds is 11. The number of benzene rings is 2. The van der Waals surface area contributed by atoms with Crippen LogP contribution in [0.3, 0.4) is 0 Å². The molecule has 6 nitrogen and oxygen atoms in total. The van der Waals surface area contributed by atoms with E-state index in [0.29, 0.717) is 0 Å². The number of thiazole rings is 1. The first-order valence-electron chi connectivity index (χ1n) is 12.8. The molecule has 0 aliphatic heterocycles. The molecule has 0 atom stereocenters. The Labute approximate surface area is 252 Å². The normalized spacial score (nSPS) is 11.4. The molecule has 0 fully saturated rings. The number of carbonyl (C=O) groups excluding carboxylic acids is 1. The Kier molecular flexibility index (Phi) is 13.8. The van der Waals surface area contributed by atoms with Crippen LogP contribution in [-0.4, -0.2) is 35.5 Å². The van der Waals surface area contributed by atoms with E-state index in [-0.39, 0.29) is 11.4 Å². The Morgan fingerprint density at radius 2 is 1.85 bits per heavy atom. The fourth-order valence-electron chi connectivity index (χ4n) is 3.31. The number of carbonyl (C=O) groups is 1. The fraction of sp³-hybridized carbons (Fsp3) is 0.258. The predicted octanol–water partition coefficient (Wildman–Crippen LogP) is 8.09. The summed E-state index contributed by atoms with van der Waals surface area (Å²) in [5.41, 5.74) is 6.69. The van der Waals surface area contributed by atoms with Crippen LogP contribution in [0.4, 0.5) is 11.4 Å². The van der Waals surface area contributed by atoms with E-state index in [0.717, 1.165) is 43.8 Å². The van der Waals surface area contributed by atoms with Gasteiger partial charge in [0.15, 0.2) is 0 Å². The van der Waals surface area contributed by atoms with Crippen LogP contribution in [-0.2, 0) is 4.79 Å². The molecule has 0 radical (unpaired) electrons. The summed E-state index contributed by atoms with van der Waals surface area (Å²) < 4.78 is 3.46. The topological polar surface area (TPSA) is 78.1 Å². The number of allylic oxidation sites excluding steroid dienone is 3. The molecule has 0 saturated carbocycles. The van der Waals surface area contributed by atoms with Crippen molar-refractivity contribution in [3.8, 4) is 21.0 Å². The number of aromatic nitrogens is 1. The Morgan fingerprint density at radius 1 is 1.15 bits per heavy atom. The van der Waals surface area contributed by atoms with Gasteiger partial charge in [0.05, 0.1) is 10.4 Å². The summed E-state index contributed by atoms with van der Waals surface area (Å²) in [6.07, 6.45) is 9.64. The average molecular weight is 594 g/mol. The predicted molar refractivity (Wildman–Crippen MR) is 180 cm³/mol. The van der Waals surface area contributed by atoms with Crippen molar-refractivity contribution < 1.29 is 4.79 Å². The van der Waals surface area contributed by atoms with Crippen molar-refractivity contribution in [3.63, 3.8) is 0 Å². The molecule has 0 spiro atoms. The van der Waals surface area contributed by atoms with Gasteiger partial charge in [-0.15, -0.1) is 11.3 Å². The molecule has 40 heavy (non-hydrogen) atoms. The second-order valence-electron chi connectivity index (χ2n) is 9.68. The maximum Gasteiger partial charge on any atom is 0.221 e. The first-order chi connectivity index (χ1) is 19.1. The summed E-state index contributed by atoms with van der Waals surface area (Å²) in [6.45, 7) is 14.2. The van der Waals surface area contributed by atoms with Crippen LogP contribution in [0.1, 0.15) is 34.6 Å².